The molecule has 4 nitrogen and oxygen atoms in total. The molecule has 0 saturated carbocycles. The van der Waals surface area contributed by atoms with Crippen molar-refractivity contribution in [1.82, 2.24) is 4.90 Å². The van der Waals surface area contributed by atoms with E-state index in [9.17, 15) is 18.7 Å². The number of hydrogen-bond donors (Lipinski definition) is 1. The summed E-state index contributed by atoms with van der Waals surface area (Å²) < 4.78 is 33.4. The number of aliphatic hydroxyl groups excluding tert-OH is 1. The average molecular weight is 410 g/mol. The molecule has 1 aliphatic heterocycles. The van der Waals surface area contributed by atoms with Gasteiger partial charge in [0.25, 0.3) is 0 Å². The van der Waals surface area contributed by atoms with Gasteiger partial charge in [-0.2, -0.15) is 0 Å². The summed E-state index contributed by atoms with van der Waals surface area (Å²) in [6.07, 6.45) is 0.726. The highest BCUT2D eigenvalue weighted by Gasteiger charge is 2.43. The number of nitrogens with zero attached hydrogens (tertiary/aromatic N) is 1. The maximum atomic E-state index is 14.3. The second kappa shape index (κ2) is 8.45. The van der Waals surface area contributed by atoms with E-state index in [0.717, 1.165) is 0 Å². The molecular weight excluding hydrogens is 388 g/mol. The molecule has 0 aliphatic carbocycles. The third kappa shape index (κ3) is 4.13. The molecule has 0 spiro atoms. The van der Waals surface area contributed by atoms with Crippen LogP contribution < -0.4 is 0 Å². The Labute approximate surface area is 167 Å². The van der Waals surface area contributed by atoms with Gasteiger partial charge >= 0.3 is 6.09 Å². The lowest BCUT2D eigenvalue weighted by atomic mass is 9.84. The fourth-order valence-corrected chi connectivity index (χ4v) is 3.83. The second-order valence-corrected chi connectivity index (χ2v) is 7.42. The fraction of sp³-hybridized carbons (Fsp3) is 0.381. The number of hydrogen-bond acceptors (Lipinski definition) is 3. The second-order valence-electron chi connectivity index (χ2n) is 6.98. The molecule has 2 aromatic carbocycles. The van der Waals surface area contributed by atoms with Crippen LogP contribution in [0.4, 0.5) is 13.6 Å². The van der Waals surface area contributed by atoms with Crippen molar-refractivity contribution in [3.05, 3.63) is 70.2 Å². The number of aliphatic hydroxyl groups is 1. The zero-order valence-electron chi connectivity index (χ0n) is 15.5. The standard InChI is InChI=1S/C21H22ClF2NO3/c1-14(18-8-5-16(22)13-19(18)24)25-11-10-21(9-2-12-26,28-20(25)27)15-3-6-17(23)7-4-15/h3-8,13-14,26H,2,9-12H2,1H3/t14-,21?/m0/s1. The number of benzene rings is 2. The first-order chi connectivity index (χ1) is 13.4. The predicted octanol–water partition coefficient (Wildman–Crippen LogP) is 5.19. The predicted molar refractivity (Wildman–Crippen MR) is 102 cm³/mol. The van der Waals surface area contributed by atoms with Crippen LogP contribution >= 0.6 is 11.6 Å². The van der Waals surface area contributed by atoms with Gasteiger partial charge in [0.15, 0.2) is 0 Å². The van der Waals surface area contributed by atoms with E-state index in [4.69, 9.17) is 16.3 Å². The molecule has 2 atom stereocenters. The molecule has 1 aliphatic rings. The molecule has 1 N–H and O–H groups in total. The van der Waals surface area contributed by atoms with E-state index in [1.807, 2.05) is 0 Å². The molecule has 2 aromatic rings. The molecule has 7 heteroatoms. The Hall–Kier alpha value is -2.18. The first-order valence-corrected chi connectivity index (χ1v) is 9.55. The van der Waals surface area contributed by atoms with Gasteiger partial charge in [-0.1, -0.05) is 29.8 Å². The van der Waals surface area contributed by atoms with E-state index in [-0.39, 0.29) is 17.4 Å². The number of cyclic esters (lactones) is 1. The molecule has 1 fully saturated rings. The van der Waals surface area contributed by atoms with E-state index in [1.54, 1.807) is 31.2 Å². The van der Waals surface area contributed by atoms with Crippen LogP contribution in [0.15, 0.2) is 42.5 Å². The summed E-state index contributed by atoms with van der Waals surface area (Å²) in [5.41, 5.74) is 0.0918. The van der Waals surface area contributed by atoms with E-state index in [2.05, 4.69) is 0 Å². The molecule has 0 bridgehead atoms. The number of halogens is 3. The summed E-state index contributed by atoms with van der Waals surface area (Å²) in [5, 5.41) is 9.53. The highest BCUT2D eigenvalue weighted by atomic mass is 35.5. The molecule has 0 radical (unpaired) electrons. The Morgan fingerprint density at radius 1 is 1.25 bits per heavy atom. The minimum absolute atomic E-state index is 0.0450. The van der Waals surface area contributed by atoms with E-state index < -0.39 is 23.6 Å². The Morgan fingerprint density at radius 2 is 1.96 bits per heavy atom. The van der Waals surface area contributed by atoms with Gasteiger partial charge < -0.3 is 14.7 Å². The lowest BCUT2D eigenvalue weighted by molar-refractivity contribution is -0.0682. The zero-order chi connectivity index (χ0) is 20.3. The third-order valence-corrected chi connectivity index (χ3v) is 5.50. The van der Waals surface area contributed by atoms with Gasteiger partial charge in [0.05, 0.1) is 6.04 Å². The van der Waals surface area contributed by atoms with Gasteiger partial charge in [-0.05, 0) is 49.6 Å². The van der Waals surface area contributed by atoms with Gasteiger partial charge in [-0.3, -0.25) is 0 Å². The van der Waals surface area contributed by atoms with E-state index >= 15 is 0 Å². The van der Waals surface area contributed by atoms with Crippen molar-refractivity contribution < 1.29 is 23.4 Å². The molecule has 1 heterocycles. The van der Waals surface area contributed by atoms with Crippen molar-refractivity contribution in [2.75, 3.05) is 13.2 Å². The Bertz CT molecular complexity index is 846. The minimum Gasteiger partial charge on any atom is -0.438 e. The first-order valence-electron chi connectivity index (χ1n) is 9.18. The van der Waals surface area contributed by atoms with Crippen LogP contribution in [0.5, 0.6) is 0 Å². The summed E-state index contributed by atoms with van der Waals surface area (Å²) in [6.45, 7) is 2.02. The summed E-state index contributed by atoms with van der Waals surface area (Å²) in [5.74, 6) is -0.861. The van der Waals surface area contributed by atoms with Crippen LogP contribution in [0.2, 0.25) is 5.02 Å². The molecule has 150 valence electrons. The Balaban J connectivity index is 1.84. The molecule has 1 saturated heterocycles. The monoisotopic (exact) mass is 409 g/mol. The summed E-state index contributed by atoms with van der Waals surface area (Å²) in [6, 6.07) is 9.65. The quantitative estimate of drug-likeness (QED) is 0.714. The Morgan fingerprint density at radius 3 is 2.57 bits per heavy atom. The van der Waals surface area contributed by atoms with Crippen molar-refractivity contribution >= 4 is 17.7 Å². The maximum absolute atomic E-state index is 14.3. The van der Waals surface area contributed by atoms with Gasteiger partial charge in [0, 0.05) is 30.2 Å². The van der Waals surface area contributed by atoms with Crippen LogP contribution in [-0.2, 0) is 10.3 Å². The minimum atomic E-state index is -0.942. The van der Waals surface area contributed by atoms with Crippen molar-refractivity contribution in [3.8, 4) is 0 Å². The molecular formula is C21H22ClF2NO3. The van der Waals surface area contributed by atoms with Crippen LogP contribution in [-0.4, -0.2) is 29.3 Å². The van der Waals surface area contributed by atoms with Gasteiger partial charge in [-0.15, -0.1) is 0 Å². The van der Waals surface area contributed by atoms with Crippen LogP contribution in [0, 0.1) is 11.6 Å². The molecule has 3 rings (SSSR count). The number of amides is 1. The van der Waals surface area contributed by atoms with Crippen LogP contribution in [0.3, 0.4) is 0 Å². The number of carbonyl (C=O) groups is 1. The lowest BCUT2D eigenvalue weighted by Gasteiger charge is -2.43. The van der Waals surface area contributed by atoms with Crippen molar-refractivity contribution in [1.29, 1.82) is 0 Å². The SMILES string of the molecule is C[C@@H](c1ccc(Cl)cc1F)N1CCC(CCCO)(c2ccc(F)cc2)OC1=O. The molecule has 28 heavy (non-hydrogen) atoms. The van der Waals surface area contributed by atoms with E-state index in [1.165, 1.54) is 23.1 Å². The topological polar surface area (TPSA) is 49.8 Å². The lowest BCUT2D eigenvalue weighted by Crippen LogP contribution is -2.49. The Kier molecular flexibility index (Phi) is 6.20. The summed E-state index contributed by atoms with van der Waals surface area (Å²) in [4.78, 5) is 14.3. The van der Waals surface area contributed by atoms with Crippen molar-refractivity contribution in [3.63, 3.8) is 0 Å². The van der Waals surface area contributed by atoms with Crippen LogP contribution in [0.1, 0.15) is 43.4 Å². The van der Waals surface area contributed by atoms with E-state index in [0.29, 0.717) is 36.9 Å². The molecule has 1 amide bonds. The normalized spacial score (nSPS) is 20.8. The molecule has 0 aromatic heterocycles. The largest absolute Gasteiger partial charge is 0.438 e. The van der Waals surface area contributed by atoms with Gasteiger partial charge in [0.1, 0.15) is 17.2 Å². The van der Waals surface area contributed by atoms with Gasteiger partial charge in [-0.25, -0.2) is 13.6 Å². The number of carbonyl (C=O) groups excluding carboxylic acids is 1. The average Bonchev–Trinajstić information content (AvgIpc) is 2.66. The van der Waals surface area contributed by atoms with Crippen molar-refractivity contribution in [2.24, 2.45) is 0 Å². The van der Waals surface area contributed by atoms with Crippen molar-refractivity contribution in [2.45, 2.75) is 37.8 Å². The summed E-state index contributed by atoms with van der Waals surface area (Å²) in [7, 11) is 0. The summed E-state index contributed by atoms with van der Waals surface area (Å²) >= 11 is 5.81. The van der Waals surface area contributed by atoms with Gasteiger partial charge in [0.2, 0.25) is 0 Å². The maximum Gasteiger partial charge on any atom is 0.411 e. The smallest absolute Gasteiger partial charge is 0.411 e. The highest BCUT2D eigenvalue weighted by Crippen LogP contribution is 2.40. The first kappa shape index (κ1) is 20.6. The fourth-order valence-electron chi connectivity index (χ4n) is 3.67. The number of ether oxygens (including phenoxy) is 1. The zero-order valence-corrected chi connectivity index (χ0v) is 16.3. The molecule has 1 unspecified atom stereocenters. The number of rotatable bonds is 6. The third-order valence-electron chi connectivity index (χ3n) is 5.26. The van der Waals surface area contributed by atoms with Crippen LogP contribution in [0.25, 0.3) is 0 Å². The highest BCUT2D eigenvalue weighted by molar-refractivity contribution is 6.30.